The fourth-order valence-corrected chi connectivity index (χ4v) is 2.65. The van der Waals surface area contributed by atoms with Crippen molar-refractivity contribution in [2.75, 3.05) is 19.7 Å². The molecule has 1 aliphatic rings. The molecule has 3 N–H and O–H groups in total. The zero-order valence-electron chi connectivity index (χ0n) is 12.4. The maximum absolute atomic E-state index is 11.7. The van der Waals surface area contributed by atoms with Crippen molar-refractivity contribution in [3.8, 4) is 0 Å². The Morgan fingerprint density at radius 2 is 1.95 bits per heavy atom. The second-order valence-electron chi connectivity index (χ2n) is 6.09. The highest BCUT2D eigenvalue weighted by Gasteiger charge is 2.29. The van der Waals surface area contributed by atoms with E-state index in [0.29, 0.717) is 19.2 Å². The molecule has 0 aliphatic heterocycles. The van der Waals surface area contributed by atoms with Gasteiger partial charge in [0, 0.05) is 18.6 Å². The summed E-state index contributed by atoms with van der Waals surface area (Å²) in [4.78, 5) is 13.7. The molecule has 1 saturated carbocycles. The molecule has 0 aromatic rings. The molecule has 0 heterocycles. The third kappa shape index (κ3) is 6.36. The molecule has 1 aliphatic carbocycles. The number of rotatable bonds is 6. The minimum absolute atomic E-state index is 0.221. The number of aliphatic hydroxyl groups is 1. The minimum atomic E-state index is -0.813. The first-order valence-corrected chi connectivity index (χ1v) is 7.19. The number of nitrogens with zero attached hydrogens (tertiary/aromatic N) is 1. The highest BCUT2D eigenvalue weighted by Crippen LogP contribution is 2.23. The van der Waals surface area contributed by atoms with Crippen LogP contribution < -0.4 is 5.73 Å². The molecule has 0 spiro atoms. The number of esters is 1. The van der Waals surface area contributed by atoms with Crippen molar-refractivity contribution in [3.63, 3.8) is 0 Å². The van der Waals surface area contributed by atoms with E-state index in [1.807, 2.05) is 4.90 Å². The predicted octanol–water partition coefficient (Wildman–Crippen LogP) is 0.892. The molecule has 0 radical (unpaired) electrons. The van der Waals surface area contributed by atoms with Crippen LogP contribution in [0.1, 0.15) is 46.5 Å². The second-order valence-corrected chi connectivity index (χ2v) is 6.09. The second kappa shape index (κ2) is 7.22. The normalized spacial score (nSPS) is 24.5. The Bertz CT molecular complexity index is 281. The van der Waals surface area contributed by atoms with Gasteiger partial charge in [-0.3, -0.25) is 9.69 Å². The molecule has 0 amide bonds. The van der Waals surface area contributed by atoms with Crippen LogP contribution in [-0.2, 0) is 9.53 Å². The predicted molar refractivity (Wildman–Crippen MR) is 74.7 cm³/mol. The van der Waals surface area contributed by atoms with Crippen LogP contribution in [0.15, 0.2) is 0 Å². The van der Waals surface area contributed by atoms with Gasteiger partial charge in [-0.05, 0) is 46.5 Å². The lowest BCUT2D eigenvalue weighted by molar-refractivity contribution is -0.146. The summed E-state index contributed by atoms with van der Waals surface area (Å²) < 4.78 is 5.01. The number of carbonyl (C=O) groups excluding carboxylic acids is 1. The summed E-state index contributed by atoms with van der Waals surface area (Å²) in [5.41, 5.74) is 5.10. The first-order chi connectivity index (χ1) is 8.81. The maximum Gasteiger partial charge on any atom is 0.320 e. The number of hydrogen-bond donors (Lipinski definition) is 2. The lowest BCUT2D eigenvalue weighted by atomic mass is 9.90. The summed E-state index contributed by atoms with van der Waals surface area (Å²) in [7, 11) is 0. The summed E-state index contributed by atoms with van der Waals surface area (Å²) in [6.07, 6.45) is 3.93. The molecule has 1 rings (SSSR count). The van der Waals surface area contributed by atoms with E-state index in [1.165, 1.54) is 0 Å². The third-order valence-corrected chi connectivity index (χ3v) is 3.49. The van der Waals surface area contributed by atoms with E-state index in [9.17, 15) is 9.90 Å². The van der Waals surface area contributed by atoms with Crippen molar-refractivity contribution in [1.82, 2.24) is 4.90 Å². The standard InChI is InChI=1S/C14H28N2O3/c1-4-19-13(17)9-16(10-14(2,3)18)12-7-5-11(15)6-8-12/h11-12,18H,4-10,15H2,1-3H3. The van der Waals surface area contributed by atoms with Gasteiger partial charge in [0.2, 0.25) is 0 Å². The van der Waals surface area contributed by atoms with Crippen LogP contribution in [0.5, 0.6) is 0 Å². The summed E-state index contributed by atoms with van der Waals surface area (Å²) in [6, 6.07) is 0.596. The Kier molecular flexibility index (Phi) is 6.23. The largest absolute Gasteiger partial charge is 0.465 e. The fourth-order valence-electron chi connectivity index (χ4n) is 2.65. The molecule has 0 saturated heterocycles. The van der Waals surface area contributed by atoms with Crippen LogP contribution in [-0.4, -0.2) is 53.4 Å². The van der Waals surface area contributed by atoms with Crippen LogP contribution >= 0.6 is 0 Å². The van der Waals surface area contributed by atoms with E-state index in [-0.39, 0.29) is 18.6 Å². The highest BCUT2D eigenvalue weighted by atomic mass is 16.5. The summed E-state index contributed by atoms with van der Waals surface area (Å²) in [5, 5.41) is 10.00. The molecule has 112 valence electrons. The average Bonchev–Trinajstić information content (AvgIpc) is 2.27. The van der Waals surface area contributed by atoms with Crippen LogP contribution in [0.3, 0.4) is 0 Å². The summed E-state index contributed by atoms with van der Waals surface area (Å²) in [5.74, 6) is -0.221. The molecule has 0 atom stereocenters. The topological polar surface area (TPSA) is 75.8 Å². The molecule has 0 aromatic carbocycles. The van der Waals surface area contributed by atoms with Crippen molar-refractivity contribution in [3.05, 3.63) is 0 Å². The first-order valence-electron chi connectivity index (χ1n) is 7.19. The van der Waals surface area contributed by atoms with Crippen LogP contribution in [0.4, 0.5) is 0 Å². The Morgan fingerprint density at radius 1 is 1.37 bits per heavy atom. The van der Waals surface area contributed by atoms with Gasteiger partial charge in [0.25, 0.3) is 0 Å². The van der Waals surface area contributed by atoms with E-state index >= 15 is 0 Å². The molecule has 0 aromatic heterocycles. The number of hydrogen-bond acceptors (Lipinski definition) is 5. The quantitative estimate of drug-likeness (QED) is 0.702. The van der Waals surface area contributed by atoms with Crippen LogP contribution in [0, 0.1) is 0 Å². The van der Waals surface area contributed by atoms with E-state index in [4.69, 9.17) is 10.5 Å². The molecular formula is C14H28N2O3. The molecule has 19 heavy (non-hydrogen) atoms. The van der Waals surface area contributed by atoms with Crippen molar-refractivity contribution < 1.29 is 14.6 Å². The van der Waals surface area contributed by atoms with Gasteiger partial charge in [-0.2, -0.15) is 0 Å². The summed E-state index contributed by atoms with van der Waals surface area (Å²) >= 11 is 0. The van der Waals surface area contributed by atoms with Gasteiger partial charge in [0.05, 0.1) is 18.8 Å². The number of ether oxygens (including phenoxy) is 1. The lowest BCUT2D eigenvalue weighted by Gasteiger charge is -2.38. The van der Waals surface area contributed by atoms with E-state index in [0.717, 1.165) is 25.7 Å². The van der Waals surface area contributed by atoms with Crippen molar-refractivity contribution in [2.24, 2.45) is 5.73 Å². The monoisotopic (exact) mass is 272 g/mol. The zero-order valence-corrected chi connectivity index (χ0v) is 12.4. The Morgan fingerprint density at radius 3 is 2.42 bits per heavy atom. The van der Waals surface area contributed by atoms with Gasteiger partial charge >= 0.3 is 5.97 Å². The fraction of sp³-hybridized carbons (Fsp3) is 0.929. The molecule has 0 bridgehead atoms. The Balaban J connectivity index is 2.60. The molecule has 1 fully saturated rings. The minimum Gasteiger partial charge on any atom is -0.465 e. The smallest absolute Gasteiger partial charge is 0.320 e. The van der Waals surface area contributed by atoms with Gasteiger partial charge in [0.1, 0.15) is 0 Å². The molecular weight excluding hydrogens is 244 g/mol. The van der Waals surface area contributed by atoms with Gasteiger partial charge in [-0.1, -0.05) is 0 Å². The van der Waals surface area contributed by atoms with Crippen molar-refractivity contribution in [2.45, 2.75) is 64.1 Å². The molecule has 0 unspecified atom stereocenters. The summed E-state index contributed by atoms with van der Waals surface area (Å²) in [6.45, 7) is 6.45. The average molecular weight is 272 g/mol. The number of carbonyl (C=O) groups is 1. The van der Waals surface area contributed by atoms with Gasteiger partial charge < -0.3 is 15.6 Å². The van der Waals surface area contributed by atoms with Crippen molar-refractivity contribution in [1.29, 1.82) is 0 Å². The van der Waals surface area contributed by atoms with E-state index < -0.39 is 5.60 Å². The third-order valence-electron chi connectivity index (χ3n) is 3.49. The lowest BCUT2D eigenvalue weighted by Crippen LogP contribution is -2.49. The van der Waals surface area contributed by atoms with E-state index in [1.54, 1.807) is 20.8 Å². The zero-order chi connectivity index (χ0) is 14.5. The Labute approximate surface area is 116 Å². The molecule has 5 nitrogen and oxygen atoms in total. The van der Waals surface area contributed by atoms with Gasteiger partial charge in [0.15, 0.2) is 0 Å². The maximum atomic E-state index is 11.7. The van der Waals surface area contributed by atoms with Crippen molar-refractivity contribution >= 4 is 5.97 Å². The SMILES string of the molecule is CCOC(=O)CN(CC(C)(C)O)C1CCC(N)CC1. The van der Waals surface area contributed by atoms with Gasteiger partial charge in [-0.15, -0.1) is 0 Å². The number of nitrogens with two attached hydrogens (primary N) is 1. The highest BCUT2D eigenvalue weighted by molar-refractivity contribution is 5.71. The van der Waals surface area contributed by atoms with Gasteiger partial charge in [-0.25, -0.2) is 0 Å². The Hall–Kier alpha value is -0.650. The van der Waals surface area contributed by atoms with Crippen LogP contribution in [0.25, 0.3) is 0 Å². The van der Waals surface area contributed by atoms with E-state index in [2.05, 4.69) is 0 Å². The molecule has 5 heteroatoms. The first kappa shape index (κ1) is 16.4. The van der Waals surface area contributed by atoms with Crippen LogP contribution in [0.2, 0.25) is 0 Å².